The van der Waals surface area contributed by atoms with E-state index in [1.165, 1.54) is 21.9 Å². The van der Waals surface area contributed by atoms with Gasteiger partial charge in [0.05, 0.1) is 5.56 Å². The molecule has 0 aliphatic heterocycles. The molecule has 0 unspecified atom stereocenters. The molecule has 0 fully saturated rings. The maximum absolute atomic E-state index is 14.0. The summed E-state index contributed by atoms with van der Waals surface area (Å²) in [6.45, 7) is 4.12. The fraction of sp³-hybridized carbons (Fsp3) is 0.286. The van der Waals surface area contributed by atoms with Gasteiger partial charge in [-0.3, -0.25) is 0 Å². The number of rotatable bonds is 6. The lowest BCUT2D eigenvalue weighted by molar-refractivity contribution is 0.0692. The Kier molecular flexibility index (Phi) is 6.02. The van der Waals surface area contributed by atoms with Gasteiger partial charge >= 0.3 is 5.97 Å². The van der Waals surface area contributed by atoms with Gasteiger partial charge in [-0.15, -0.1) is 0 Å². The van der Waals surface area contributed by atoms with E-state index in [-0.39, 0.29) is 5.56 Å². The molecule has 148 valence electrons. The number of carboxylic acid groups (broad SMARTS) is 1. The highest BCUT2D eigenvalue weighted by molar-refractivity contribution is 8.32. The molecule has 0 radical (unpaired) electrons. The Morgan fingerprint density at radius 2 is 1.48 bits per heavy atom. The molecule has 0 aliphatic rings. The molecular weight excluding hydrogens is 381 g/mol. The molecule has 0 spiro atoms. The van der Waals surface area contributed by atoms with E-state index in [1.54, 1.807) is 6.07 Å². The predicted octanol–water partition coefficient (Wildman–Crippen LogP) is 5.71. The zero-order chi connectivity index (χ0) is 20.6. The zero-order valence-electron chi connectivity index (χ0n) is 16.7. The minimum absolute atomic E-state index is 0.344. The fourth-order valence-electron chi connectivity index (χ4n) is 2.47. The fourth-order valence-corrected chi connectivity index (χ4v) is 4.46. The van der Waals surface area contributed by atoms with Crippen molar-refractivity contribution in [3.63, 3.8) is 0 Å². The Balaban J connectivity index is 2.41. The zero-order valence-corrected chi connectivity index (χ0v) is 18.4. The molecule has 0 heterocycles. The quantitative estimate of drug-likeness (QED) is 0.642. The van der Waals surface area contributed by atoms with Crippen LogP contribution in [-0.4, -0.2) is 48.6 Å². The molecule has 6 heteroatoms. The number of hydrogen-bond donors (Lipinski definition) is 2. The molecule has 3 nitrogen and oxygen atoms in total. The van der Waals surface area contributed by atoms with Gasteiger partial charge in [0, 0.05) is 11.4 Å². The summed E-state index contributed by atoms with van der Waals surface area (Å²) in [6, 6.07) is 10.6. The minimum atomic E-state index is -1.28. The second kappa shape index (κ2) is 7.60. The van der Waals surface area contributed by atoms with Gasteiger partial charge in [0.2, 0.25) is 0 Å². The highest BCUT2D eigenvalue weighted by Gasteiger charge is 2.17. The molecule has 0 saturated carbocycles. The monoisotopic (exact) mass is 409 g/mol. The summed E-state index contributed by atoms with van der Waals surface area (Å²) in [5.41, 5.74) is 1.76. The lowest BCUT2D eigenvalue weighted by atomic mass is 10.1. The molecule has 27 heavy (non-hydrogen) atoms. The van der Waals surface area contributed by atoms with Gasteiger partial charge in [0.1, 0.15) is 5.82 Å². The van der Waals surface area contributed by atoms with Crippen molar-refractivity contribution in [2.24, 2.45) is 0 Å². The third-order valence-electron chi connectivity index (χ3n) is 4.14. The van der Waals surface area contributed by atoms with E-state index in [0.717, 1.165) is 5.56 Å². The van der Waals surface area contributed by atoms with Crippen molar-refractivity contribution >= 4 is 37.4 Å². The van der Waals surface area contributed by atoms with E-state index in [9.17, 15) is 9.18 Å². The molecule has 2 aromatic rings. The van der Waals surface area contributed by atoms with Gasteiger partial charge in [0.15, 0.2) is 0 Å². The second-order valence-electron chi connectivity index (χ2n) is 7.97. The number of carbonyl (C=O) groups is 1. The Hall–Kier alpha value is -1.92. The van der Waals surface area contributed by atoms with Gasteiger partial charge in [-0.1, -0.05) is 6.58 Å². The van der Waals surface area contributed by atoms with Crippen LogP contribution in [0.3, 0.4) is 0 Å². The number of benzene rings is 2. The van der Waals surface area contributed by atoms with E-state index in [1.807, 2.05) is 0 Å². The number of aromatic carboxylic acids is 1. The summed E-state index contributed by atoms with van der Waals surface area (Å²) >= 11 is 0. The predicted molar refractivity (Wildman–Crippen MR) is 120 cm³/mol. The third-order valence-corrected chi connectivity index (χ3v) is 7.44. The van der Waals surface area contributed by atoms with Crippen LogP contribution in [0.25, 0.3) is 5.70 Å². The summed E-state index contributed by atoms with van der Waals surface area (Å²) in [5, 5.41) is 12.1. The Labute approximate surface area is 164 Å². The molecular formula is C21H28FNO2S2. The average molecular weight is 410 g/mol. The largest absolute Gasteiger partial charge is 0.478 e. The summed E-state index contributed by atoms with van der Waals surface area (Å²) in [4.78, 5) is 13.6. The van der Waals surface area contributed by atoms with Crippen molar-refractivity contribution < 1.29 is 14.3 Å². The molecule has 0 amide bonds. The summed E-state index contributed by atoms with van der Waals surface area (Å²) in [5.74, 6) is -2.05. The Bertz CT molecular complexity index is 864. The van der Waals surface area contributed by atoms with E-state index in [2.05, 4.69) is 67.6 Å². The average Bonchev–Trinajstić information content (AvgIpc) is 2.52. The molecule has 0 aromatic heterocycles. The standard InChI is InChI=1S/C21H28FNO2S2/c1-14(23-16-8-9-19(21(24)25)20(22)12-16)15-10-17(26(2,3)4)13-18(11-15)27(5,6)7/h8-13,23H,1H2,2-7H3,(H,24,25). The molecule has 2 N–H and O–H groups in total. The van der Waals surface area contributed by atoms with Crippen LogP contribution in [0.15, 0.2) is 52.8 Å². The van der Waals surface area contributed by atoms with Crippen LogP contribution in [0.2, 0.25) is 0 Å². The highest BCUT2D eigenvalue weighted by Crippen LogP contribution is 2.52. The molecule has 0 aliphatic carbocycles. The lowest BCUT2D eigenvalue weighted by Gasteiger charge is -2.32. The normalized spacial score (nSPS) is 13.1. The lowest BCUT2D eigenvalue weighted by Crippen LogP contribution is -2.05. The van der Waals surface area contributed by atoms with Crippen LogP contribution in [-0.2, 0) is 0 Å². The molecule has 0 saturated heterocycles. The van der Waals surface area contributed by atoms with Crippen LogP contribution in [0.1, 0.15) is 15.9 Å². The first-order valence-electron chi connectivity index (χ1n) is 8.30. The Morgan fingerprint density at radius 1 is 0.963 bits per heavy atom. The first-order valence-corrected chi connectivity index (χ1v) is 14.0. The van der Waals surface area contributed by atoms with E-state index in [4.69, 9.17) is 5.11 Å². The van der Waals surface area contributed by atoms with Crippen molar-refractivity contribution in [2.45, 2.75) is 9.79 Å². The van der Waals surface area contributed by atoms with Crippen LogP contribution < -0.4 is 5.32 Å². The number of anilines is 1. The molecule has 2 rings (SSSR count). The smallest absolute Gasteiger partial charge is 0.338 e. The molecule has 0 bridgehead atoms. The first kappa shape index (κ1) is 21.4. The maximum atomic E-state index is 14.0. The van der Waals surface area contributed by atoms with Crippen molar-refractivity contribution in [3.05, 3.63) is 59.9 Å². The summed E-state index contributed by atoms with van der Waals surface area (Å²) < 4.78 is 14.0. The van der Waals surface area contributed by atoms with E-state index < -0.39 is 31.8 Å². The number of nitrogens with one attached hydrogen (secondary N) is 1. The number of hydrogen-bond acceptors (Lipinski definition) is 2. The number of carboxylic acids is 1. The highest BCUT2D eigenvalue weighted by atomic mass is 32.3. The second-order valence-corrected chi connectivity index (χ2v) is 16.3. The molecule has 2 aromatic carbocycles. The van der Waals surface area contributed by atoms with Crippen LogP contribution >= 0.6 is 20.1 Å². The third kappa shape index (κ3) is 5.30. The first-order chi connectivity index (χ1) is 12.3. The van der Waals surface area contributed by atoms with Gasteiger partial charge < -0.3 is 10.4 Å². The maximum Gasteiger partial charge on any atom is 0.338 e. The van der Waals surface area contributed by atoms with Crippen molar-refractivity contribution in [1.29, 1.82) is 0 Å². The van der Waals surface area contributed by atoms with E-state index in [0.29, 0.717) is 11.4 Å². The summed E-state index contributed by atoms with van der Waals surface area (Å²) in [7, 11) is -1.83. The van der Waals surface area contributed by atoms with Gasteiger partial charge in [-0.2, -0.15) is 0 Å². The SMILES string of the molecule is C=C(Nc1ccc(C(=O)O)c(F)c1)c1cc(S(C)(C)C)cc(S(C)(C)C)c1. The van der Waals surface area contributed by atoms with Gasteiger partial charge in [-0.05, 0) is 89.3 Å². The number of halogens is 1. The minimum Gasteiger partial charge on any atom is -0.478 e. The van der Waals surface area contributed by atoms with Crippen LogP contribution in [0.5, 0.6) is 0 Å². The Morgan fingerprint density at radius 3 is 1.89 bits per heavy atom. The van der Waals surface area contributed by atoms with Crippen molar-refractivity contribution in [3.8, 4) is 0 Å². The van der Waals surface area contributed by atoms with Crippen molar-refractivity contribution in [2.75, 3.05) is 42.9 Å². The topological polar surface area (TPSA) is 49.3 Å². The van der Waals surface area contributed by atoms with Crippen LogP contribution in [0, 0.1) is 5.82 Å². The summed E-state index contributed by atoms with van der Waals surface area (Å²) in [6.07, 6.45) is 13.5. The van der Waals surface area contributed by atoms with Gasteiger partial charge in [-0.25, -0.2) is 29.2 Å². The molecule has 0 atom stereocenters. The van der Waals surface area contributed by atoms with Crippen LogP contribution in [0.4, 0.5) is 10.1 Å². The van der Waals surface area contributed by atoms with E-state index >= 15 is 0 Å². The van der Waals surface area contributed by atoms with Gasteiger partial charge in [0.25, 0.3) is 0 Å². The van der Waals surface area contributed by atoms with Crippen molar-refractivity contribution in [1.82, 2.24) is 0 Å².